The molecule has 1 aliphatic heterocycles. The average Bonchev–Trinajstić information content (AvgIpc) is 2.45. The van der Waals surface area contributed by atoms with Crippen LogP contribution in [-0.2, 0) is 10.2 Å². The maximum absolute atomic E-state index is 12.2. The van der Waals surface area contributed by atoms with Crippen LogP contribution < -0.4 is 5.32 Å². The second kappa shape index (κ2) is 7.45. The summed E-state index contributed by atoms with van der Waals surface area (Å²) in [5, 5.41) is 3.01. The number of amides is 1. The molecule has 1 N–H and O–H groups in total. The average molecular weight is 318 g/mol. The Kier molecular flexibility index (Phi) is 5.82. The molecule has 1 fully saturated rings. The summed E-state index contributed by atoms with van der Waals surface area (Å²) in [7, 11) is 0. The molecule has 2 atom stereocenters. The third kappa shape index (κ3) is 5.33. The first-order valence-corrected chi connectivity index (χ1v) is 8.52. The smallest absolute Gasteiger partial charge is 0.251 e. The summed E-state index contributed by atoms with van der Waals surface area (Å²) in [4.78, 5) is 14.6. The highest BCUT2D eigenvalue weighted by molar-refractivity contribution is 5.94. The molecule has 1 aromatic rings. The van der Waals surface area contributed by atoms with Crippen molar-refractivity contribution in [1.29, 1.82) is 0 Å². The zero-order valence-corrected chi connectivity index (χ0v) is 15.1. The molecule has 1 saturated heterocycles. The summed E-state index contributed by atoms with van der Waals surface area (Å²) in [5.74, 6) is -0.000171. The first-order valence-electron chi connectivity index (χ1n) is 8.52. The van der Waals surface area contributed by atoms with Gasteiger partial charge in [0.05, 0.1) is 12.2 Å². The minimum atomic E-state index is -0.000171. The van der Waals surface area contributed by atoms with Crippen LogP contribution in [0.15, 0.2) is 24.3 Å². The summed E-state index contributed by atoms with van der Waals surface area (Å²) < 4.78 is 5.72. The molecule has 0 saturated carbocycles. The lowest BCUT2D eigenvalue weighted by Gasteiger charge is -2.35. The molecule has 2 rings (SSSR count). The van der Waals surface area contributed by atoms with Crippen molar-refractivity contribution in [3.05, 3.63) is 35.4 Å². The molecule has 0 radical (unpaired) electrons. The highest BCUT2D eigenvalue weighted by Crippen LogP contribution is 2.22. The van der Waals surface area contributed by atoms with Crippen LogP contribution >= 0.6 is 0 Å². The van der Waals surface area contributed by atoms with Gasteiger partial charge in [0.2, 0.25) is 0 Å². The van der Waals surface area contributed by atoms with Crippen molar-refractivity contribution in [3.8, 4) is 0 Å². The predicted octanol–water partition coefficient (Wildman–Crippen LogP) is 2.82. The SMILES string of the molecule is CC1CN(CCNC(=O)c2ccc(C(C)(C)C)cc2)CC(C)O1. The molecule has 0 aliphatic carbocycles. The van der Waals surface area contributed by atoms with E-state index < -0.39 is 0 Å². The largest absolute Gasteiger partial charge is 0.373 e. The molecular weight excluding hydrogens is 288 g/mol. The highest BCUT2D eigenvalue weighted by Gasteiger charge is 2.21. The Morgan fingerprint density at radius 2 is 1.74 bits per heavy atom. The summed E-state index contributed by atoms with van der Waals surface area (Å²) in [6.45, 7) is 14.1. The van der Waals surface area contributed by atoms with Gasteiger partial charge in [-0.15, -0.1) is 0 Å². The first-order chi connectivity index (χ1) is 10.8. The van der Waals surface area contributed by atoms with Crippen LogP contribution in [-0.4, -0.2) is 49.2 Å². The van der Waals surface area contributed by atoms with Crippen molar-refractivity contribution >= 4 is 5.91 Å². The van der Waals surface area contributed by atoms with E-state index in [0.29, 0.717) is 6.54 Å². The van der Waals surface area contributed by atoms with E-state index in [1.807, 2.05) is 24.3 Å². The van der Waals surface area contributed by atoms with Crippen LogP contribution in [0, 0.1) is 0 Å². The fourth-order valence-electron chi connectivity index (χ4n) is 3.02. The number of hydrogen-bond donors (Lipinski definition) is 1. The number of carbonyl (C=O) groups excluding carboxylic acids is 1. The quantitative estimate of drug-likeness (QED) is 0.928. The van der Waals surface area contributed by atoms with Crippen molar-refractivity contribution < 1.29 is 9.53 Å². The monoisotopic (exact) mass is 318 g/mol. The van der Waals surface area contributed by atoms with Gasteiger partial charge in [-0.05, 0) is 37.0 Å². The van der Waals surface area contributed by atoms with E-state index in [4.69, 9.17) is 4.74 Å². The van der Waals surface area contributed by atoms with Crippen molar-refractivity contribution in [2.45, 2.75) is 52.2 Å². The third-order valence-corrected chi connectivity index (χ3v) is 4.22. The predicted molar refractivity (Wildman–Crippen MR) is 93.9 cm³/mol. The summed E-state index contributed by atoms with van der Waals surface area (Å²) in [6.07, 6.45) is 0.527. The van der Waals surface area contributed by atoms with Gasteiger partial charge in [-0.2, -0.15) is 0 Å². The number of hydrogen-bond acceptors (Lipinski definition) is 3. The lowest BCUT2D eigenvalue weighted by Crippen LogP contribution is -2.47. The fourth-order valence-corrected chi connectivity index (χ4v) is 3.02. The Hall–Kier alpha value is -1.39. The lowest BCUT2D eigenvalue weighted by molar-refractivity contribution is -0.0672. The van der Waals surface area contributed by atoms with E-state index in [2.05, 4.69) is 44.8 Å². The number of morpholine rings is 1. The van der Waals surface area contributed by atoms with Gasteiger partial charge >= 0.3 is 0 Å². The standard InChI is InChI=1S/C19H30N2O2/c1-14-12-21(13-15(2)23-14)11-10-20-18(22)16-6-8-17(9-7-16)19(3,4)5/h6-9,14-15H,10-13H2,1-5H3,(H,20,22). The summed E-state index contributed by atoms with van der Waals surface area (Å²) in [6, 6.07) is 7.91. The second-order valence-corrected chi connectivity index (χ2v) is 7.60. The summed E-state index contributed by atoms with van der Waals surface area (Å²) >= 11 is 0. The van der Waals surface area contributed by atoms with Gasteiger partial charge in [0.25, 0.3) is 5.91 Å². The van der Waals surface area contributed by atoms with Crippen molar-refractivity contribution in [2.24, 2.45) is 0 Å². The molecule has 128 valence electrons. The molecule has 4 nitrogen and oxygen atoms in total. The van der Waals surface area contributed by atoms with Crippen molar-refractivity contribution in [2.75, 3.05) is 26.2 Å². The Bertz CT molecular complexity index is 509. The van der Waals surface area contributed by atoms with Gasteiger partial charge < -0.3 is 10.1 Å². The van der Waals surface area contributed by atoms with E-state index in [9.17, 15) is 4.79 Å². The van der Waals surface area contributed by atoms with E-state index in [-0.39, 0.29) is 23.5 Å². The van der Waals surface area contributed by atoms with E-state index >= 15 is 0 Å². The van der Waals surface area contributed by atoms with Gasteiger partial charge in [0, 0.05) is 31.7 Å². The zero-order valence-electron chi connectivity index (χ0n) is 15.1. The molecule has 2 unspecified atom stereocenters. The number of carbonyl (C=O) groups is 1. The normalized spacial score (nSPS) is 22.8. The number of rotatable bonds is 4. The molecule has 0 aromatic heterocycles. The molecule has 1 heterocycles. The minimum absolute atomic E-state index is 0.000171. The summed E-state index contributed by atoms with van der Waals surface area (Å²) in [5.41, 5.74) is 2.07. The zero-order chi connectivity index (χ0) is 17.0. The highest BCUT2D eigenvalue weighted by atomic mass is 16.5. The van der Waals surface area contributed by atoms with Gasteiger partial charge in [-0.3, -0.25) is 9.69 Å². The number of nitrogens with zero attached hydrogens (tertiary/aromatic N) is 1. The Morgan fingerprint density at radius 1 is 1.17 bits per heavy atom. The van der Waals surface area contributed by atoms with Crippen LogP contribution in [0.2, 0.25) is 0 Å². The van der Waals surface area contributed by atoms with Crippen LogP contribution in [0.5, 0.6) is 0 Å². The second-order valence-electron chi connectivity index (χ2n) is 7.60. The molecule has 1 amide bonds. The van der Waals surface area contributed by atoms with Gasteiger partial charge in [-0.25, -0.2) is 0 Å². The molecule has 23 heavy (non-hydrogen) atoms. The molecule has 0 bridgehead atoms. The molecule has 4 heteroatoms. The molecule has 1 aliphatic rings. The number of nitrogens with one attached hydrogen (secondary N) is 1. The van der Waals surface area contributed by atoms with E-state index in [0.717, 1.165) is 25.2 Å². The van der Waals surface area contributed by atoms with Crippen LogP contribution in [0.1, 0.15) is 50.5 Å². The Labute approximate surface area is 140 Å². The number of benzene rings is 1. The van der Waals surface area contributed by atoms with Gasteiger partial charge in [0.15, 0.2) is 0 Å². The first kappa shape index (κ1) is 18.0. The maximum atomic E-state index is 12.2. The Morgan fingerprint density at radius 3 is 2.26 bits per heavy atom. The van der Waals surface area contributed by atoms with E-state index in [1.54, 1.807) is 0 Å². The van der Waals surface area contributed by atoms with Gasteiger partial charge in [0.1, 0.15) is 0 Å². The van der Waals surface area contributed by atoms with Crippen molar-refractivity contribution in [1.82, 2.24) is 10.2 Å². The van der Waals surface area contributed by atoms with Crippen molar-refractivity contribution in [3.63, 3.8) is 0 Å². The number of ether oxygens (including phenoxy) is 1. The third-order valence-electron chi connectivity index (χ3n) is 4.22. The van der Waals surface area contributed by atoms with E-state index in [1.165, 1.54) is 5.56 Å². The molecule has 0 spiro atoms. The maximum Gasteiger partial charge on any atom is 0.251 e. The van der Waals surface area contributed by atoms with Crippen LogP contribution in [0.3, 0.4) is 0 Å². The Balaban J connectivity index is 1.81. The lowest BCUT2D eigenvalue weighted by atomic mass is 9.87. The topological polar surface area (TPSA) is 41.6 Å². The fraction of sp³-hybridized carbons (Fsp3) is 0.632. The molecular formula is C19H30N2O2. The van der Waals surface area contributed by atoms with Crippen LogP contribution in [0.25, 0.3) is 0 Å². The van der Waals surface area contributed by atoms with Crippen LogP contribution in [0.4, 0.5) is 0 Å². The molecule has 1 aromatic carbocycles. The minimum Gasteiger partial charge on any atom is -0.373 e. The van der Waals surface area contributed by atoms with Gasteiger partial charge in [-0.1, -0.05) is 32.9 Å².